The van der Waals surface area contributed by atoms with Crippen molar-refractivity contribution in [1.29, 1.82) is 0 Å². The van der Waals surface area contributed by atoms with E-state index in [2.05, 4.69) is 35.9 Å². The Kier molecular flexibility index (Phi) is 2.77. The molecule has 0 radical (unpaired) electrons. The summed E-state index contributed by atoms with van der Waals surface area (Å²) < 4.78 is 0. The van der Waals surface area contributed by atoms with Crippen LogP contribution in [-0.2, 0) is 0 Å². The molecule has 2 rings (SSSR count). The van der Waals surface area contributed by atoms with Crippen LogP contribution in [0.5, 0.6) is 0 Å². The molecule has 0 amide bonds. The maximum Gasteiger partial charge on any atom is 0.0429 e. The lowest BCUT2D eigenvalue weighted by molar-refractivity contribution is 0.823. The first-order valence-corrected chi connectivity index (χ1v) is 5.13. The van der Waals surface area contributed by atoms with Crippen molar-refractivity contribution in [3.8, 4) is 11.1 Å². The van der Waals surface area contributed by atoms with Crippen molar-refractivity contribution in [2.24, 2.45) is 0 Å². The summed E-state index contributed by atoms with van der Waals surface area (Å²) in [7, 11) is 0. The second kappa shape index (κ2) is 4.22. The maximum absolute atomic E-state index is 4.43. The highest BCUT2D eigenvalue weighted by molar-refractivity contribution is 5.61. The van der Waals surface area contributed by atoms with E-state index in [1.807, 2.05) is 18.3 Å². The van der Waals surface area contributed by atoms with Gasteiger partial charge in [0.15, 0.2) is 0 Å². The fourth-order valence-electron chi connectivity index (χ4n) is 1.46. The highest BCUT2D eigenvalue weighted by Gasteiger charge is 2.01. The molecule has 0 atom stereocenters. The van der Waals surface area contributed by atoms with Crippen molar-refractivity contribution < 1.29 is 0 Å². The van der Waals surface area contributed by atoms with E-state index < -0.39 is 0 Å². The number of hydrogen-bond donors (Lipinski definition) is 0. The first-order chi connectivity index (χ1) is 7.27. The monoisotopic (exact) mass is 198 g/mol. The molecule has 15 heavy (non-hydrogen) atoms. The highest BCUT2D eigenvalue weighted by Crippen LogP contribution is 2.19. The first kappa shape index (κ1) is 9.84. The zero-order chi connectivity index (χ0) is 10.7. The van der Waals surface area contributed by atoms with Crippen LogP contribution in [0.2, 0.25) is 0 Å². The molecule has 0 saturated heterocycles. The van der Waals surface area contributed by atoms with Crippen LogP contribution < -0.4 is 0 Å². The molecule has 0 aliphatic carbocycles. The van der Waals surface area contributed by atoms with Gasteiger partial charge < -0.3 is 0 Å². The van der Waals surface area contributed by atoms with Gasteiger partial charge in [0, 0.05) is 29.8 Å². The largest absolute Gasteiger partial charge is 0.265 e. The van der Waals surface area contributed by atoms with Crippen LogP contribution in [0.15, 0.2) is 42.9 Å². The Hall–Kier alpha value is -1.70. The molecule has 0 aliphatic heterocycles. The van der Waals surface area contributed by atoms with Crippen LogP contribution in [0, 0.1) is 0 Å². The van der Waals surface area contributed by atoms with Gasteiger partial charge in [0.2, 0.25) is 0 Å². The minimum absolute atomic E-state index is 0.483. The van der Waals surface area contributed by atoms with Gasteiger partial charge in [0.25, 0.3) is 0 Å². The predicted molar refractivity (Wildman–Crippen MR) is 61.6 cm³/mol. The molecule has 2 heteroatoms. The Balaban J connectivity index is 2.32. The average molecular weight is 198 g/mol. The molecular weight excluding hydrogens is 184 g/mol. The maximum atomic E-state index is 4.43. The van der Waals surface area contributed by atoms with Crippen molar-refractivity contribution in [3.05, 3.63) is 48.5 Å². The van der Waals surface area contributed by atoms with Crippen LogP contribution in [0.3, 0.4) is 0 Å². The lowest BCUT2D eigenvalue weighted by atomic mass is 10.1. The van der Waals surface area contributed by atoms with E-state index in [1.165, 1.54) is 0 Å². The molecule has 0 aromatic carbocycles. The van der Waals surface area contributed by atoms with Crippen LogP contribution >= 0.6 is 0 Å². The quantitative estimate of drug-likeness (QED) is 0.740. The fraction of sp³-hybridized carbons (Fsp3) is 0.231. The summed E-state index contributed by atoms with van der Waals surface area (Å²) in [6.45, 7) is 4.29. The topological polar surface area (TPSA) is 25.8 Å². The third kappa shape index (κ3) is 2.21. The third-order valence-electron chi connectivity index (χ3n) is 2.39. The van der Waals surface area contributed by atoms with Gasteiger partial charge in [-0.1, -0.05) is 19.9 Å². The molecule has 2 nitrogen and oxygen atoms in total. The Morgan fingerprint density at radius 1 is 0.933 bits per heavy atom. The highest BCUT2D eigenvalue weighted by atomic mass is 14.7. The summed E-state index contributed by atoms with van der Waals surface area (Å²) >= 11 is 0. The second-order valence-electron chi connectivity index (χ2n) is 3.86. The van der Waals surface area contributed by atoms with E-state index >= 15 is 0 Å². The molecular formula is C13H14N2. The lowest BCUT2D eigenvalue weighted by Gasteiger charge is -2.05. The van der Waals surface area contributed by atoms with Gasteiger partial charge in [-0.25, -0.2) is 0 Å². The second-order valence-corrected chi connectivity index (χ2v) is 3.86. The molecule has 0 N–H and O–H groups in total. The summed E-state index contributed by atoms with van der Waals surface area (Å²) in [6, 6.07) is 8.18. The summed E-state index contributed by atoms with van der Waals surface area (Å²) in [5, 5.41) is 0. The minimum Gasteiger partial charge on any atom is -0.265 e. The zero-order valence-electron chi connectivity index (χ0n) is 9.01. The van der Waals surface area contributed by atoms with Gasteiger partial charge in [-0.05, 0) is 29.7 Å². The number of hydrogen-bond acceptors (Lipinski definition) is 2. The predicted octanol–water partition coefficient (Wildman–Crippen LogP) is 3.27. The summed E-state index contributed by atoms with van der Waals surface area (Å²) in [6.07, 6.45) is 5.52. The Morgan fingerprint density at radius 2 is 1.67 bits per heavy atom. The van der Waals surface area contributed by atoms with Crippen LogP contribution in [0.1, 0.15) is 25.5 Å². The van der Waals surface area contributed by atoms with Crippen molar-refractivity contribution in [3.63, 3.8) is 0 Å². The number of aromatic nitrogens is 2. The number of rotatable bonds is 2. The zero-order valence-corrected chi connectivity index (χ0v) is 9.01. The van der Waals surface area contributed by atoms with Gasteiger partial charge in [-0.15, -0.1) is 0 Å². The molecule has 2 aromatic heterocycles. The third-order valence-corrected chi connectivity index (χ3v) is 2.39. The Labute approximate surface area is 90.0 Å². The Morgan fingerprint density at radius 3 is 2.20 bits per heavy atom. The molecule has 0 spiro atoms. The molecule has 2 aromatic rings. The molecule has 0 unspecified atom stereocenters. The summed E-state index contributed by atoms with van der Waals surface area (Å²) in [4.78, 5) is 8.43. The van der Waals surface area contributed by atoms with E-state index in [-0.39, 0.29) is 0 Å². The van der Waals surface area contributed by atoms with Gasteiger partial charge in [0.1, 0.15) is 0 Å². The molecule has 2 heterocycles. The van der Waals surface area contributed by atoms with E-state index in [0.29, 0.717) is 5.92 Å². The average Bonchev–Trinajstić information content (AvgIpc) is 2.30. The van der Waals surface area contributed by atoms with Crippen molar-refractivity contribution in [2.45, 2.75) is 19.8 Å². The molecule has 0 aliphatic rings. The summed E-state index contributed by atoms with van der Waals surface area (Å²) in [5.74, 6) is 0.483. The van der Waals surface area contributed by atoms with Gasteiger partial charge in [-0.3, -0.25) is 9.97 Å². The van der Waals surface area contributed by atoms with Crippen molar-refractivity contribution in [1.82, 2.24) is 9.97 Å². The smallest absolute Gasteiger partial charge is 0.0429 e. The van der Waals surface area contributed by atoms with E-state index in [4.69, 9.17) is 0 Å². The van der Waals surface area contributed by atoms with E-state index in [1.54, 1.807) is 12.4 Å². The van der Waals surface area contributed by atoms with Gasteiger partial charge in [0.05, 0.1) is 0 Å². The molecule has 0 bridgehead atoms. The SMILES string of the molecule is CC(C)c1ccc(-c2ccncc2)cn1. The molecule has 76 valence electrons. The van der Waals surface area contributed by atoms with Crippen LogP contribution in [0.25, 0.3) is 11.1 Å². The van der Waals surface area contributed by atoms with Crippen LogP contribution in [0.4, 0.5) is 0 Å². The Bertz CT molecular complexity index is 418. The van der Waals surface area contributed by atoms with Crippen molar-refractivity contribution >= 4 is 0 Å². The lowest BCUT2D eigenvalue weighted by Crippen LogP contribution is -1.91. The normalized spacial score (nSPS) is 10.6. The van der Waals surface area contributed by atoms with Gasteiger partial charge in [-0.2, -0.15) is 0 Å². The molecule has 0 saturated carbocycles. The number of nitrogens with zero attached hydrogens (tertiary/aromatic N) is 2. The minimum atomic E-state index is 0.483. The van der Waals surface area contributed by atoms with Crippen LogP contribution in [-0.4, -0.2) is 9.97 Å². The standard InChI is InChI=1S/C13H14N2/c1-10(2)13-4-3-12(9-15-13)11-5-7-14-8-6-11/h3-10H,1-2H3. The van der Waals surface area contributed by atoms with E-state index in [0.717, 1.165) is 16.8 Å². The van der Waals surface area contributed by atoms with E-state index in [9.17, 15) is 0 Å². The fourth-order valence-corrected chi connectivity index (χ4v) is 1.46. The number of pyridine rings is 2. The summed E-state index contributed by atoms with van der Waals surface area (Å²) in [5.41, 5.74) is 3.43. The first-order valence-electron chi connectivity index (χ1n) is 5.13. The molecule has 0 fully saturated rings. The van der Waals surface area contributed by atoms with Gasteiger partial charge >= 0.3 is 0 Å². The van der Waals surface area contributed by atoms with Crippen molar-refractivity contribution in [2.75, 3.05) is 0 Å².